The lowest BCUT2D eigenvalue weighted by Crippen LogP contribution is -2.53. The van der Waals surface area contributed by atoms with Crippen molar-refractivity contribution >= 4 is 22.6 Å². The van der Waals surface area contributed by atoms with Crippen molar-refractivity contribution in [3.63, 3.8) is 0 Å². The van der Waals surface area contributed by atoms with E-state index < -0.39 is 22.8 Å². The lowest BCUT2D eigenvalue weighted by Gasteiger charge is -2.43. The highest BCUT2D eigenvalue weighted by Gasteiger charge is 2.39. The van der Waals surface area contributed by atoms with E-state index in [4.69, 9.17) is 0 Å². The van der Waals surface area contributed by atoms with E-state index in [1.807, 2.05) is 11.8 Å². The molecule has 2 aromatic rings. The summed E-state index contributed by atoms with van der Waals surface area (Å²) in [5.74, 6) is -2.17. The Kier molecular flexibility index (Phi) is 4.66. The second-order valence-electron chi connectivity index (χ2n) is 8.40. The van der Waals surface area contributed by atoms with Crippen LogP contribution in [0.1, 0.15) is 48.1 Å². The summed E-state index contributed by atoms with van der Waals surface area (Å²) in [5.41, 5.74) is -0.710. The summed E-state index contributed by atoms with van der Waals surface area (Å²) in [5, 5.41) is 29.5. The molecule has 1 aliphatic heterocycles. The number of aliphatic hydroxyl groups excluding tert-OH is 1. The summed E-state index contributed by atoms with van der Waals surface area (Å²) >= 11 is 0. The van der Waals surface area contributed by atoms with E-state index in [0.717, 1.165) is 18.9 Å². The van der Waals surface area contributed by atoms with Gasteiger partial charge in [0, 0.05) is 36.6 Å². The number of aromatic nitrogens is 1. The Hall–Kier alpha value is -2.45. The van der Waals surface area contributed by atoms with Crippen LogP contribution in [-0.2, 0) is 0 Å². The Morgan fingerprint density at radius 1 is 1.38 bits per heavy atom. The van der Waals surface area contributed by atoms with Gasteiger partial charge in [-0.25, -0.2) is 9.18 Å². The van der Waals surface area contributed by atoms with Crippen molar-refractivity contribution in [3.8, 4) is 0 Å². The fourth-order valence-electron chi connectivity index (χ4n) is 4.46. The van der Waals surface area contributed by atoms with E-state index in [2.05, 4.69) is 0 Å². The Morgan fingerprint density at radius 2 is 2.07 bits per heavy atom. The number of nitrogens with zero attached hydrogens (tertiary/aromatic N) is 2. The summed E-state index contributed by atoms with van der Waals surface area (Å²) in [7, 11) is 0. The van der Waals surface area contributed by atoms with Gasteiger partial charge < -0.3 is 24.8 Å². The molecule has 1 aliphatic carbocycles. The quantitative estimate of drug-likeness (QED) is 0.721. The van der Waals surface area contributed by atoms with Crippen LogP contribution >= 0.6 is 0 Å². The normalized spacial score (nSPS) is 24.9. The minimum atomic E-state index is -1.32. The molecule has 8 heteroatoms. The minimum Gasteiger partial charge on any atom is -0.477 e. The number of benzene rings is 1. The molecule has 0 radical (unpaired) electrons. The number of pyridine rings is 1. The van der Waals surface area contributed by atoms with Gasteiger partial charge in [0.2, 0.25) is 5.43 Å². The van der Waals surface area contributed by atoms with Crippen LogP contribution in [0.4, 0.5) is 10.1 Å². The number of anilines is 1. The van der Waals surface area contributed by atoms with Crippen molar-refractivity contribution in [2.45, 2.75) is 44.8 Å². The third-order valence-electron chi connectivity index (χ3n) is 6.47. The van der Waals surface area contributed by atoms with Crippen molar-refractivity contribution < 1.29 is 24.5 Å². The number of hydrogen-bond acceptors (Lipinski definition) is 5. The number of carbonyl (C=O) groups is 1. The SMILES string of the molecule is Cc1c(N2CCC(O)(CO)C(C)C2)c(F)cc2c(=O)c(C(=O)O)cn(C3CC3)c12. The van der Waals surface area contributed by atoms with Gasteiger partial charge in [-0.2, -0.15) is 0 Å². The highest BCUT2D eigenvalue weighted by atomic mass is 19.1. The Morgan fingerprint density at radius 3 is 2.62 bits per heavy atom. The molecular weight excluding hydrogens is 379 g/mol. The summed E-state index contributed by atoms with van der Waals surface area (Å²) < 4.78 is 17.0. The van der Waals surface area contributed by atoms with Crippen LogP contribution in [0.25, 0.3) is 10.9 Å². The first-order chi connectivity index (χ1) is 13.7. The van der Waals surface area contributed by atoms with Gasteiger partial charge in [0.05, 0.1) is 23.4 Å². The number of rotatable bonds is 4. The van der Waals surface area contributed by atoms with Crippen LogP contribution in [0.5, 0.6) is 0 Å². The molecule has 1 saturated carbocycles. The van der Waals surface area contributed by atoms with E-state index >= 15 is 4.39 Å². The average molecular weight is 404 g/mol. The van der Waals surface area contributed by atoms with Gasteiger partial charge in [0.1, 0.15) is 11.4 Å². The van der Waals surface area contributed by atoms with Crippen molar-refractivity contribution in [1.82, 2.24) is 4.57 Å². The third kappa shape index (κ3) is 3.11. The van der Waals surface area contributed by atoms with Gasteiger partial charge in [-0.15, -0.1) is 0 Å². The topological polar surface area (TPSA) is 103 Å². The van der Waals surface area contributed by atoms with E-state index in [0.29, 0.717) is 36.3 Å². The van der Waals surface area contributed by atoms with Crippen LogP contribution in [0.2, 0.25) is 0 Å². The standard InChI is InChI=1S/C21H25FN2O5/c1-11-8-23(6-5-21(11,29)10-25)18-12(2)17-14(7-16(18)22)19(26)15(20(27)28)9-24(17)13-3-4-13/h7,9,11,13,25,29H,3-6,8,10H2,1-2H3,(H,27,28). The number of hydrogen-bond donors (Lipinski definition) is 3. The van der Waals surface area contributed by atoms with Gasteiger partial charge in [-0.1, -0.05) is 6.92 Å². The van der Waals surface area contributed by atoms with Gasteiger partial charge >= 0.3 is 5.97 Å². The first-order valence-corrected chi connectivity index (χ1v) is 9.87. The van der Waals surface area contributed by atoms with E-state index in [1.54, 1.807) is 11.5 Å². The molecule has 0 bridgehead atoms. The molecule has 2 fully saturated rings. The second-order valence-corrected chi connectivity index (χ2v) is 8.40. The minimum absolute atomic E-state index is 0.0764. The first-order valence-electron chi connectivity index (χ1n) is 9.87. The molecule has 0 spiro atoms. The maximum atomic E-state index is 15.2. The number of carboxylic acids is 1. The molecule has 29 heavy (non-hydrogen) atoms. The zero-order valence-electron chi connectivity index (χ0n) is 16.5. The van der Waals surface area contributed by atoms with Crippen LogP contribution in [-0.4, -0.2) is 51.2 Å². The van der Waals surface area contributed by atoms with Crippen molar-refractivity contribution in [2.75, 3.05) is 24.6 Å². The number of aryl methyl sites for hydroxylation is 1. The molecule has 1 aromatic carbocycles. The molecule has 2 heterocycles. The summed E-state index contributed by atoms with van der Waals surface area (Å²) in [6.07, 6.45) is 3.44. The predicted molar refractivity (Wildman–Crippen MR) is 106 cm³/mol. The fraction of sp³-hybridized carbons (Fsp3) is 0.524. The third-order valence-corrected chi connectivity index (χ3v) is 6.47. The second kappa shape index (κ2) is 6.81. The molecule has 2 aliphatic rings. The maximum absolute atomic E-state index is 15.2. The number of piperidine rings is 1. The van der Waals surface area contributed by atoms with E-state index in [9.17, 15) is 24.9 Å². The maximum Gasteiger partial charge on any atom is 0.341 e. The van der Waals surface area contributed by atoms with Crippen molar-refractivity contribution in [2.24, 2.45) is 5.92 Å². The summed E-state index contributed by atoms with van der Waals surface area (Å²) in [6, 6.07) is 1.25. The Labute approximate surface area is 167 Å². The molecule has 2 unspecified atom stereocenters. The average Bonchev–Trinajstić information content (AvgIpc) is 3.50. The molecule has 156 valence electrons. The summed E-state index contributed by atoms with van der Waals surface area (Å²) in [4.78, 5) is 26.0. The van der Waals surface area contributed by atoms with Gasteiger partial charge in [0.25, 0.3) is 0 Å². The van der Waals surface area contributed by atoms with E-state index in [1.165, 1.54) is 6.20 Å². The monoisotopic (exact) mass is 404 g/mol. The van der Waals surface area contributed by atoms with Crippen LogP contribution < -0.4 is 10.3 Å². The molecule has 1 saturated heterocycles. The van der Waals surface area contributed by atoms with Crippen molar-refractivity contribution in [3.05, 3.63) is 39.4 Å². The highest BCUT2D eigenvalue weighted by molar-refractivity contribution is 5.95. The molecular formula is C21H25FN2O5. The molecule has 7 nitrogen and oxygen atoms in total. The van der Waals surface area contributed by atoms with Gasteiger partial charge in [-0.05, 0) is 37.8 Å². The highest BCUT2D eigenvalue weighted by Crippen LogP contribution is 2.41. The molecule has 2 atom stereocenters. The predicted octanol–water partition coefficient (Wildman–Crippen LogP) is 2.05. The smallest absolute Gasteiger partial charge is 0.341 e. The lowest BCUT2D eigenvalue weighted by molar-refractivity contribution is -0.0682. The number of aromatic carboxylic acids is 1. The van der Waals surface area contributed by atoms with Crippen molar-refractivity contribution in [1.29, 1.82) is 0 Å². The molecule has 4 rings (SSSR count). The summed E-state index contributed by atoms with van der Waals surface area (Å²) in [6.45, 7) is 3.94. The number of halogens is 1. The number of aliphatic hydroxyl groups is 2. The zero-order chi connectivity index (χ0) is 21.1. The van der Waals surface area contributed by atoms with Gasteiger partial charge in [0.15, 0.2) is 0 Å². The van der Waals surface area contributed by atoms with E-state index in [-0.39, 0.29) is 29.5 Å². The molecule has 0 amide bonds. The van der Waals surface area contributed by atoms with Crippen LogP contribution in [0, 0.1) is 18.7 Å². The molecule has 3 N–H and O–H groups in total. The Balaban J connectivity index is 1.90. The fourth-order valence-corrected chi connectivity index (χ4v) is 4.46. The lowest BCUT2D eigenvalue weighted by atomic mass is 9.82. The van der Waals surface area contributed by atoms with Gasteiger partial charge in [-0.3, -0.25) is 4.79 Å². The molecule has 1 aromatic heterocycles. The number of carboxylic acid groups (broad SMARTS) is 1. The Bertz CT molecular complexity index is 1060. The van der Waals surface area contributed by atoms with Crippen LogP contribution in [0.3, 0.4) is 0 Å². The zero-order valence-corrected chi connectivity index (χ0v) is 16.5. The first kappa shape index (κ1) is 19.8. The van der Waals surface area contributed by atoms with Crippen LogP contribution in [0.15, 0.2) is 17.1 Å². The largest absolute Gasteiger partial charge is 0.477 e. The number of fused-ring (bicyclic) bond motifs is 1.